The first kappa shape index (κ1) is 10.8. The van der Waals surface area contributed by atoms with Gasteiger partial charge >= 0.3 is 0 Å². The van der Waals surface area contributed by atoms with Gasteiger partial charge in [0.2, 0.25) is 0 Å². The number of rotatable bonds is 1. The highest BCUT2D eigenvalue weighted by Crippen LogP contribution is 2.22. The van der Waals surface area contributed by atoms with Crippen LogP contribution in [0.5, 0.6) is 0 Å². The Morgan fingerprint density at radius 2 is 2.29 bits per heavy atom. The van der Waals surface area contributed by atoms with E-state index in [0.29, 0.717) is 5.65 Å². The van der Waals surface area contributed by atoms with Crippen molar-refractivity contribution in [2.75, 3.05) is 6.54 Å². The molecule has 0 unspecified atom stereocenters. The van der Waals surface area contributed by atoms with Crippen molar-refractivity contribution in [2.24, 2.45) is 0 Å². The lowest BCUT2D eigenvalue weighted by Gasteiger charge is -2.21. The number of nitrogens with one attached hydrogen (secondary N) is 2. The maximum absolute atomic E-state index is 11.7. The van der Waals surface area contributed by atoms with E-state index in [1.54, 1.807) is 0 Å². The fourth-order valence-electron chi connectivity index (χ4n) is 2.28. The molecule has 0 radical (unpaired) electrons. The largest absolute Gasteiger partial charge is 0.309 e. The summed E-state index contributed by atoms with van der Waals surface area (Å²) in [5, 5.41) is 6.74. The van der Waals surface area contributed by atoms with Crippen LogP contribution in [-0.4, -0.2) is 21.1 Å². The summed E-state index contributed by atoms with van der Waals surface area (Å²) < 4.78 is 1.43. The van der Waals surface area contributed by atoms with Gasteiger partial charge in [-0.1, -0.05) is 18.0 Å². The predicted octanol–water partition coefficient (Wildman–Crippen LogP) is 1.49. The molecular weight excluding hydrogens is 240 g/mol. The summed E-state index contributed by atoms with van der Waals surface area (Å²) in [4.78, 5) is 15.8. The minimum Gasteiger partial charge on any atom is -0.309 e. The molecule has 2 aromatic rings. The van der Waals surface area contributed by atoms with E-state index in [4.69, 9.17) is 11.6 Å². The van der Waals surface area contributed by atoms with Crippen molar-refractivity contribution in [3.05, 3.63) is 33.3 Å². The van der Waals surface area contributed by atoms with Crippen LogP contribution in [-0.2, 0) is 0 Å². The molecule has 3 rings (SSSR count). The molecule has 0 spiro atoms. The first-order chi connectivity index (χ1) is 8.24. The summed E-state index contributed by atoms with van der Waals surface area (Å²) in [6.45, 7) is 1.02. The summed E-state index contributed by atoms with van der Waals surface area (Å²) >= 11 is 5.77. The molecule has 1 aliphatic rings. The van der Waals surface area contributed by atoms with Crippen LogP contribution in [0.1, 0.15) is 31.0 Å². The van der Waals surface area contributed by atoms with Crippen LogP contribution in [0.4, 0.5) is 0 Å². The third-order valence-corrected chi connectivity index (χ3v) is 3.32. The van der Waals surface area contributed by atoms with Gasteiger partial charge in [-0.05, 0) is 19.4 Å². The van der Waals surface area contributed by atoms with E-state index < -0.39 is 0 Å². The van der Waals surface area contributed by atoms with Crippen LogP contribution in [0.15, 0.2) is 16.9 Å². The molecule has 6 heteroatoms. The second kappa shape index (κ2) is 4.16. The van der Waals surface area contributed by atoms with E-state index in [2.05, 4.69) is 15.4 Å². The van der Waals surface area contributed by atoms with E-state index in [-0.39, 0.29) is 16.8 Å². The quantitative estimate of drug-likeness (QED) is 0.756. The average molecular weight is 253 g/mol. The number of piperidine rings is 1. The Labute approximate surface area is 103 Å². The van der Waals surface area contributed by atoms with Crippen molar-refractivity contribution in [1.82, 2.24) is 19.9 Å². The fraction of sp³-hybridized carbons (Fsp3) is 0.455. The molecular formula is C11H13ClN4O. The van der Waals surface area contributed by atoms with Gasteiger partial charge in [0.1, 0.15) is 5.15 Å². The molecule has 0 amide bonds. The molecule has 0 aliphatic carbocycles. The summed E-state index contributed by atoms with van der Waals surface area (Å²) in [7, 11) is 0. The summed E-state index contributed by atoms with van der Waals surface area (Å²) in [5.41, 5.74) is 1.39. The third-order valence-electron chi connectivity index (χ3n) is 3.12. The third kappa shape index (κ3) is 1.96. The molecule has 2 aromatic heterocycles. The van der Waals surface area contributed by atoms with Crippen molar-refractivity contribution < 1.29 is 0 Å². The van der Waals surface area contributed by atoms with E-state index in [1.807, 2.05) is 6.07 Å². The number of fused-ring (bicyclic) bond motifs is 1. The number of H-pyrrole nitrogens is 1. The van der Waals surface area contributed by atoms with Gasteiger partial charge in [0.25, 0.3) is 5.56 Å². The summed E-state index contributed by atoms with van der Waals surface area (Å²) in [6.07, 6.45) is 3.49. The van der Waals surface area contributed by atoms with Crippen molar-refractivity contribution in [1.29, 1.82) is 0 Å². The average Bonchev–Trinajstić information content (AvgIpc) is 2.74. The van der Waals surface area contributed by atoms with Crippen LogP contribution < -0.4 is 10.9 Å². The number of aromatic amines is 1. The number of halogens is 1. The molecule has 1 atom stereocenters. The summed E-state index contributed by atoms with van der Waals surface area (Å²) in [6, 6.07) is 3.47. The maximum Gasteiger partial charge on any atom is 0.274 e. The van der Waals surface area contributed by atoms with Crippen LogP contribution in [0.25, 0.3) is 5.65 Å². The van der Waals surface area contributed by atoms with Gasteiger partial charge in [-0.25, -0.2) is 9.50 Å². The molecule has 1 saturated heterocycles. The zero-order valence-electron chi connectivity index (χ0n) is 9.24. The number of nitrogens with zero attached hydrogens (tertiary/aromatic N) is 2. The second-order valence-corrected chi connectivity index (χ2v) is 4.71. The van der Waals surface area contributed by atoms with Gasteiger partial charge in [-0.2, -0.15) is 0 Å². The standard InChI is InChI=1S/C11H13ClN4O/c12-9-6-11(17)16-10(14-9)5-8(15-16)7-3-1-2-4-13-7/h5-7,13,15H,1-4H2/t7-/m0/s1. The Hall–Kier alpha value is -1.33. The Balaban J connectivity index is 2.06. The van der Waals surface area contributed by atoms with Crippen LogP contribution in [0.3, 0.4) is 0 Å². The Bertz CT molecular complexity index is 597. The highest BCUT2D eigenvalue weighted by Gasteiger charge is 2.17. The molecule has 5 nitrogen and oxygen atoms in total. The van der Waals surface area contributed by atoms with Crippen molar-refractivity contribution in [3.63, 3.8) is 0 Å². The SMILES string of the molecule is O=c1cc(Cl)nc2cc([C@@H]3CCCCN3)[nH]n12. The highest BCUT2D eigenvalue weighted by atomic mass is 35.5. The van der Waals surface area contributed by atoms with Crippen molar-refractivity contribution in [2.45, 2.75) is 25.3 Å². The monoisotopic (exact) mass is 252 g/mol. The van der Waals surface area contributed by atoms with Gasteiger partial charge < -0.3 is 5.32 Å². The maximum atomic E-state index is 11.7. The van der Waals surface area contributed by atoms with Gasteiger partial charge in [-0.15, -0.1) is 0 Å². The molecule has 0 bridgehead atoms. The molecule has 90 valence electrons. The van der Waals surface area contributed by atoms with Gasteiger partial charge in [0, 0.05) is 18.2 Å². The highest BCUT2D eigenvalue weighted by molar-refractivity contribution is 6.29. The molecule has 17 heavy (non-hydrogen) atoms. The number of aromatic nitrogens is 3. The van der Waals surface area contributed by atoms with Crippen molar-refractivity contribution >= 4 is 17.2 Å². The molecule has 2 N–H and O–H groups in total. The van der Waals surface area contributed by atoms with E-state index in [1.165, 1.54) is 23.4 Å². The zero-order chi connectivity index (χ0) is 11.8. The lowest BCUT2D eigenvalue weighted by molar-refractivity contribution is 0.404. The summed E-state index contributed by atoms with van der Waals surface area (Å²) in [5.74, 6) is 0. The molecule has 3 heterocycles. The van der Waals surface area contributed by atoms with Crippen LogP contribution in [0.2, 0.25) is 5.15 Å². The normalized spacial score (nSPS) is 20.9. The zero-order valence-corrected chi connectivity index (χ0v) is 10.00. The minimum atomic E-state index is -0.179. The minimum absolute atomic E-state index is 0.179. The smallest absolute Gasteiger partial charge is 0.274 e. The topological polar surface area (TPSA) is 62.2 Å². The first-order valence-electron chi connectivity index (χ1n) is 5.75. The Morgan fingerprint density at radius 3 is 3.06 bits per heavy atom. The number of hydrogen-bond donors (Lipinski definition) is 2. The lowest BCUT2D eigenvalue weighted by Crippen LogP contribution is -2.27. The van der Waals surface area contributed by atoms with Crippen molar-refractivity contribution in [3.8, 4) is 0 Å². The van der Waals surface area contributed by atoms with E-state index in [9.17, 15) is 4.79 Å². The molecule has 1 fully saturated rings. The predicted molar refractivity (Wildman–Crippen MR) is 65.4 cm³/mol. The van der Waals surface area contributed by atoms with Gasteiger partial charge in [-0.3, -0.25) is 9.89 Å². The van der Waals surface area contributed by atoms with E-state index in [0.717, 1.165) is 18.7 Å². The van der Waals surface area contributed by atoms with Crippen LogP contribution in [0, 0.1) is 0 Å². The molecule has 1 aliphatic heterocycles. The first-order valence-corrected chi connectivity index (χ1v) is 6.13. The lowest BCUT2D eigenvalue weighted by atomic mass is 10.0. The fourth-order valence-corrected chi connectivity index (χ4v) is 2.46. The number of hydrogen-bond acceptors (Lipinski definition) is 3. The molecule has 0 saturated carbocycles. The van der Waals surface area contributed by atoms with Crippen LogP contribution >= 0.6 is 11.6 Å². The van der Waals surface area contributed by atoms with Gasteiger partial charge in [0.05, 0.1) is 5.69 Å². The molecule has 0 aromatic carbocycles. The Morgan fingerprint density at radius 1 is 1.41 bits per heavy atom. The second-order valence-electron chi connectivity index (χ2n) is 4.32. The Kier molecular flexibility index (Phi) is 2.64. The van der Waals surface area contributed by atoms with Gasteiger partial charge in [0.15, 0.2) is 5.65 Å². The van der Waals surface area contributed by atoms with E-state index >= 15 is 0 Å².